The van der Waals surface area contributed by atoms with Gasteiger partial charge in [-0.05, 0) is 24.7 Å². The van der Waals surface area contributed by atoms with Gasteiger partial charge in [0.05, 0.1) is 15.6 Å². The van der Waals surface area contributed by atoms with Gasteiger partial charge in [0, 0.05) is 18.7 Å². The Hall–Kier alpha value is -1.40. The van der Waals surface area contributed by atoms with Crippen molar-refractivity contribution in [2.45, 2.75) is 19.8 Å². The second-order valence-electron chi connectivity index (χ2n) is 3.66. The van der Waals surface area contributed by atoms with Crippen LogP contribution in [0.4, 0.5) is 11.4 Å². The van der Waals surface area contributed by atoms with Gasteiger partial charge in [-0.1, -0.05) is 24.9 Å². The third-order valence-corrected chi connectivity index (χ3v) is 2.80. The van der Waals surface area contributed by atoms with Gasteiger partial charge in [-0.15, -0.1) is 0 Å². The van der Waals surface area contributed by atoms with E-state index in [4.69, 9.17) is 23.8 Å². The van der Waals surface area contributed by atoms with Crippen molar-refractivity contribution in [2.75, 3.05) is 11.9 Å². The lowest BCUT2D eigenvalue weighted by molar-refractivity contribution is -0.384. The fourth-order valence-corrected chi connectivity index (χ4v) is 1.64. The third-order valence-electron chi connectivity index (χ3n) is 2.22. The summed E-state index contributed by atoms with van der Waals surface area (Å²) in [6, 6.07) is 4.17. The minimum Gasteiger partial charge on any atom is -0.362 e. The number of nitrogens with one attached hydrogen (secondary N) is 2. The number of unbranched alkanes of at least 4 members (excludes halogenated alkanes) is 1. The molecule has 18 heavy (non-hydrogen) atoms. The molecule has 0 unspecified atom stereocenters. The number of non-ortho nitro benzene ring substituents is 1. The van der Waals surface area contributed by atoms with E-state index in [9.17, 15) is 10.1 Å². The standard InChI is InChI=1S/C11H14ClN3O2S/c1-2-3-6-13-11(18)14-10-7-8(15(16)17)4-5-9(10)12/h4-5,7H,2-3,6H2,1H3,(H2,13,14,18). The molecule has 1 rings (SSSR count). The minimum absolute atomic E-state index is 0.0294. The fraction of sp³-hybridized carbons (Fsp3) is 0.364. The molecule has 2 N–H and O–H groups in total. The van der Waals surface area contributed by atoms with Crippen LogP contribution >= 0.6 is 23.8 Å². The van der Waals surface area contributed by atoms with Gasteiger partial charge in [0.2, 0.25) is 0 Å². The second-order valence-corrected chi connectivity index (χ2v) is 4.47. The predicted molar refractivity (Wildman–Crippen MR) is 77.2 cm³/mol. The average molecular weight is 288 g/mol. The number of nitrogens with zero attached hydrogens (tertiary/aromatic N) is 1. The maximum absolute atomic E-state index is 10.6. The summed E-state index contributed by atoms with van der Waals surface area (Å²) in [5.41, 5.74) is 0.401. The van der Waals surface area contributed by atoms with Crippen LogP contribution in [0.2, 0.25) is 5.02 Å². The van der Waals surface area contributed by atoms with E-state index >= 15 is 0 Å². The summed E-state index contributed by atoms with van der Waals surface area (Å²) in [7, 11) is 0. The van der Waals surface area contributed by atoms with E-state index in [1.54, 1.807) is 0 Å². The number of halogens is 1. The van der Waals surface area contributed by atoms with Crippen molar-refractivity contribution in [1.82, 2.24) is 5.32 Å². The van der Waals surface area contributed by atoms with Gasteiger partial charge in [0.15, 0.2) is 5.11 Å². The number of thiocarbonyl (C=S) groups is 1. The van der Waals surface area contributed by atoms with Crippen LogP contribution in [0.3, 0.4) is 0 Å². The topological polar surface area (TPSA) is 67.2 Å². The highest BCUT2D eigenvalue weighted by Gasteiger charge is 2.10. The molecule has 7 heteroatoms. The first kappa shape index (κ1) is 14.7. The van der Waals surface area contributed by atoms with Crippen LogP contribution in [0.25, 0.3) is 0 Å². The molecule has 1 aromatic rings. The summed E-state index contributed by atoms with van der Waals surface area (Å²) in [6.45, 7) is 2.84. The van der Waals surface area contributed by atoms with Crippen LogP contribution in [0.15, 0.2) is 18.2 Å². The molecule has 0 spiro atoms. The molecule has 0 aliphatic carbocycles. The van der Waals surface area contributed by atoms with Crippen LogP contribution in [-0.2, 0) is 0 Å². The molecule has 0 fully saturated rings. The normalized spacial score (nSPS) is 9.89. The van der Waals surface area contributed by atoms with E-state index in [-0.39, 0.29) is 5.69 Å². The number of rotatable bonds is 5. The number of anilines is 1. The van der Waals surface area contributed by atoms with E-state index in [1.807, 2.05) is 0 Å². The summed E-state index contributed by atoms with van der Waals surface area (Å²) >= 11 is 11.0. The van der Waals surface area contributed by atoms with Gasteiger partial charge in [-0.3, -0.25) is 10.1 Å². The molecule has 0 saturated heterocycles. The number of nitro benzene ring substituents is 1. The Labute approximate surface area is 116 Å². The van der Waals surface area contributed by atoms with E-state index in [2.05, 4.69) is 17.6 Å². The summed E-state index contributed by atoms with van der Waals surface area (Å²) in [5, 5.41) is 17.3. The molecular formula is C11H14ClN3O2S. The van der Waals surface area contributed by atoms with Gasteiger partial charge < -0.3 is 10.6 Å². The molecule has 1 aromatic carbocycles. The molecule has 0 aliphatic rings. The third kappa shape index (κ3) is 4.46. The number of nitro groups is 1. The van der Waals surface area contributed by atoms with Gasteiger partial charge in [0.25, 0.3) is 5.69 Å². The van der Waals surface area contributed by atoms with Gasteiger partial charge >= 0.3 is 0 Å². The van der Waals surface area contributed by atoms with E-state index in [0.29, 0.717) is 15.8 Å². The zero-order valence-electron chi connectivity index (χ0n) is 9.90. The monoisotopic (exact) mass is 287 g/mol. The van der Waals surface area contributed by atoms with Crippen molar-refractivity contribution in [1.29, 1.82) is 0 Å². The molecule has 0 heterocycles. The zero-order valence-corrected chi connectivity index (χ0v) is 11.5. The van der Waals surface area contributed by atoms with Crippen molar-refractivity contribution in [3.8, 4) is 0 Å². The van der Waals surface area contributed by atoms with E-state index < -0.39 is 4.92 Å². The lowest BCUT2D eigenvalue weighted by Crippen LogP contribution is -2.29. The number of hydrogen-bond acceptors (Lipinski definition) is 3. The quantitative estimate of drug-likeness (QED) is 0.376. The number of benzene rings is 1. The Morgan fingerprint density at radius 2 is 2.28 bits per heavy atom. The summed E-state index contributed by atoms with van der Waals surface area (Å²) in [6.07, 6.45) is 2.07. The maximum Gasteiger partial charge on any atom is 0.271 e. The first-order chi connectivity index (χ1) is 8.54. The van der Waals surface area contributed by atoms with Crippen molar-refractivity contribution in [3.63, 3.8) is 0 Å². The zero-order chi connectivity index (χ0) is 13.5. The van der Waals surface area contributed by atoms with Gasteiger partial charge in [-0.2, -0.15) is 0 Å². The predicted octanol–water partition coefficient (Wildman–Crippen LogP) is 3.33. The number of hydrogen-bond donors (Lipinski definition) is 2. The Balaban J connectivity index is 2.68. The summed E-state index contributed by atoms with van der Waals surface area (Å²) in [5.74, 6) is 0. The molecule has 0 aromatic heterocycles. The van der Waals surface area contributed by atoms with Crippen LogP contribution < -0.4 is 10.6 Å². The van der Waals surface area contributed by atoms with Crippen LogP contribution in [0.1, 0.15) is 19.8 Å². The maximum atomic E-state index is 10.6. The molecule has 0 amide bonds. The van der Waals surface area contributed by atoms with Crippen molar-refractivity contribution >= 4 is 40.3 Å². The highest BCUT2D eigenvalue weighted by Crippen LogP contribution is 2.26. The van der Waals surface area contributed by atoms with E-state index in [0.717, 1.165) is 19.4 Å². The smallest absolute Gasteiger partial charge is 0.271 e. The van der Waals surface area contributed by atoms with Crippen molar-refractivity contribution in [2.24, 2.45) is 0 Å². The van der Waals surface area contributed by atoms with Crippen LogP contribution in [-0.4, -0.2) is 16.6 Å². The lowest BCUT2D eigenvalue weighted by Gasteiger charge is -2.11. The highest BCUT2D eigenvalue weighted by atomic mass is 35.5. The fourth-order valence-electron chi connectivity index (χ4n) is 1.27. The molecular weight excluding hydrogens is 274 g/mol. The highest BCUT2D eigenvalue weighted by molar-refractivity contribution is 7.80. The Bertz CT molecular complexity index is 454. The van der Waals surface area contributed by atoms with Crippen LogP contribution in [0, 0.1) is 10.1 Å². The minimum atomic E-state index is -0.477. The Morgan fingerprint density at radius 3 is 2.89 bits per heavy atom. The first-order valence-corrected chi connectivity index (χ1v) is 6.32. The molecule has 0 saturated carbocycles. The van der Waals surface area contributed by atoms with Crippen molar-refractivity contribution < 1.29 is 4.92 Å². The van der Waals surface area contributed by atoms with Gasteiger partial charge in [-0.25, -0.2) is 0 Å². The largest absolute Gasteiger partial charge is 0.362 e. The average Bonchev–Trinajstić information content (AvgIpc) is 2.32. The lowest BCUT2D eigenvalue weighted by atomic mass is 10.3. The van der Waals surface area contributed by atoms with E-state index in [1.165, 1.54) is 18.2 Å². The second kappa shape index (κ2) is 7.13. The van der Waals surface area contributed by atoms with Crippen LogP contribution in [0.5, 0.6) is 0 Å². The SMILES string of the molecule is CCCCNC(=S)Nc1cc([N+](=O)[O-])ccc1Cl. The van der Waals surface area contributed by atoms with Crippen molar-refractivity contribution in [3.05, 3.63) is 33.3 Å². The molecule has 0 aliphatic heterocycles. The first-order valence-electron chi connectivity index (χ1n) is 5.53. The Morgan fingerprint density at radius 1 is 1.56 bits per heavy atom. The molecule has 0 radical (unpaired) electrons. The summed E-state index contributed by atoms with van der Waals surface area (Å²) in [4.78, 5) is 10.2. The molecule has 98 valence electrons. The summed E-state index contributed by atoms with van der Waals surface area (Å²) < 4.78 is 0. The molecule has 0 bridgehead atoms. The molecule has 0 atom stereocenters. The Kier molecular flexibility index (Phi) is 5.80. The van der Waals surface area contributed by atoms with Gasteiger partial charge in [0.1, 0.15) is 0 Å². The molecule has 5 nitrogen and oxygen atoms in total.